The van der Waals surface area contributed by atoms with Crippen molar-refractivity contribution >= 4 is 69.9 Å². The summed E-state index contributed by atoms with van der Waals surface area (Å²) in [6.45, 7) is 20.2. The average Bonchev–Trinajstić information content (AvgIpc) is 1.06. The lowest BCUT2D eigenvalue weighted by Crippen LogP contribution is -2.54. The maximum atomic E-state index is 14.5. The summed E-state index contributed by atoms with van der Waals surface area (Å²) >= 11 is 0. The lowest BCUT2D eigenvalue weighted by molar-refractivity contribution is -0.167. The molecule has 6 aliphatic rings. The highest BCUT2D eigenvalue weighted by Gasteiger charge is 2.42. The number of allylic oxidation sites excluding steroid dienone is 6. The Balaban J connectivity index is 0.539. The third-order valence-corrected chi connectivity index (χ3v) is 23.5. The van der Waals surface area contributed by atoms with Gasteiger partial charge in [0.1, 0.15) is 53.6 Å². The number of ether oxygens (including phenoxy) is 10. The van der Waals surface area contributed by atoms with Crippen molar-refractivity contribution in [1.82, 2.24) is 34.6 Å². The molecule has 7 N–H and O–H groups in total. The summed E-state index contributed by atoms with van der Waals surface area (Å²) in [6.07, 6.45) is 21.7. The van der Waals surface area contributed by atoms with E-state index in [0.717, 1.165) is 93.3 Å². The summed E-state index contributed by atoms with van der Waals surface area (Å²) in [6, 6.07) is 10.5. The number of amides is 3. The zero-order chi connectivity index (χ0) is 83.7. The van der Waals surface area contributed by atoms with E-state index >= 15 is 0 Å². The first-order valence-electron chi connectivity index (χ1n) is 42.9. The number of anilines is 3. The Morgan fingerprint density at radius 2 is 1.41 bits per heavy atom. The molecular weight excluding hydrogens is 1510 g/mol. The van der Waals surface area contributed by atoms with Gasteiger partial charge in [0.05, 0.1) is 115 Å². The lowest BCUT2D eigenvalue weighted by Gasteiger charge is -2.37. The number of aliphatic hydroxyl groups is 1. The van der Waals surface area contributed by atoms with Crippen LogP contribution in [0, 0.1) is 29.1 Å². The van der Waals surface area contributed by atoms with Crippen LogP contribution in [0.5, 0.6) is 0 Å². The number of Topliss-reactive ketones (excluding diaryl/α,β-unsaturated/α-hetero) is 2. The van der Waals surface area contributed by atoms with Gasteiger partial charge in [-0.25, -0.2) is 19.6 Å². The molecule has 118 heavy (non-hydrogen) atoms. The van der Waals surface area contributed by atoms with Gasteiger partial charge in [-0.15, -0.1) is 0 Å². The monoisotopic (exact) mass is 1640 g/mol. The highest BCUT2D eigenvalue weighted by Crippen LogP contribution is 2.35. The third kappa shape index (κ3) is 28.9. The minimum atomic E-state index is -0.916. The Kier molecular flexibility index (Phi) is 37.5. The van der Waals surface area contributed by atoms with Gasteiger partial charge in [-0.1, -0.05) is 75.4 Å². The average molecular weight is 1640 g/mol. The number of rotatable bonds is 31. The summed E-state index contributed by atoms with van der Waals surface area (Å²) in [5.41, 5.74) is 19.1. The second-order valence-corrected chi connectivity index (χ2v) is 32.5. The Bertz CT molecular complexity index is 4020. The van der Waals surface area contributed by atoms with Gasteiger partial charge in [-0.05, 0) is 180 Å². The topological polar surface area (TPSA) is 368 Å². The quantitative estimate of drug-likeness (QED) is 0.0103. The Labute approximate surface area is 695 Å². The van der Waals surface area contributed by atoms with Crippen LogP contribution in [0.4, 0.5) is 22.4 Å². The van der Waals surface area contributed by atoms with Gasteiger partial charge in [0.15, 0.2) is 5.58 Å². The number of nitrogens with one attached hydrogen (secondary N) is 2. The first-order valence-corrected chi connectivity index (χ1v) is 42.9. The van der Waals surface area contributed by atoms with Crippen molar-refractivity contribution in [2.24, 2.45) is 23.7 Å². The first kappa shape index (κ1) is 91.9. The van der Waals surface area contributed by atoms with E-state index in [1.54, 1.807) is 30.2 Å². The Morgan fingerprint density at radius 1 is 0.695 bits per heavy atom. The number of fused-ring (bicyclic) bond motifs is 5. The second kappa shape index (κ2) is 48.2. The molecular formula is C89H129N11O18. The standard InChI is InChI=1S/C89H129N11O18/c1-60-13-8-7-9-14-62(3)79(108-6)55-72-15-12-17-78(115-72)83(104)86(105)100-32-11-10-16-74(100)87(106)116-70(25-18-61(2)52-64(5)76(102)56-75(101)63(4)51-60)26-20-65-21-27-71(28-22-65)117-89(107)98-36-34-97(35-37-98)38-40-110-42-44-112-46-48-114-50-49-113-47-45-111-43-41-109-39-31-80(103)99-33-30-67-53-66(19-23-69(67)58-99)57-93-85-81(84(91)94-59-95-85)82(90)68-24-29-77-73(54-68)96-88(92)118-77/h7-9,13-14,19,23-24,29,52-54,59-61,63,65,70-72,74,76,78-79,90,102H,10-12,15-18,20-22,25-28,30-51,55-58H2,1-6H3,(H2,92,96)(H3,91,93,94,95)/b9-7+,13-8+,62-14+,64-52+,90-82?/t60-,61+,63-,65-,70+,71-,72?,74+,76+,78?,79+/m1/s1. The molecule has 4 fully saturated rings. The van der Waals surface area contributed by atoms with Crippen LogP contribution in [0.2, 0.25) is 0 Å². The molecule has 648 valence electrons. The smallest absolute Gasteiger partial charge is 0.410 e. The van der Waals surface area contributed by atoms with Gasteiger partial charge in [0.25, 0.3) is 11.9 Å². The van der Waals surface area contributed by atoms with Crippen LogP contribution in [0.3, 0.4) is 0 Å². The number of nitrogen functional groups attached to an aromatic ring is 2. The van der Waals surface area contributed by atoms with E-state index in [4.69, 9.17) is 68.7 Å². The number of oxazole rings is 1. The predicted octanol–water partition coefficient (Wildman–Crippen LogP) is 10.9. The van der Waals surface area contributed by atoms with Crippen molar-refractivity contribution in [3.63, 3.8) is 0 Å². The molecule has 9 atom stereocenters. The van der Waals surface area contributed by atoms with Gasteiger partial charge in [-0.3, -0.25) is 29.5 Å². The highest BCUT2D eigenvalue weighted by molar-refractivity contribution is 6.38. The van der Waals surface area contributed by atoms with Crippen LogP contribution in [-0.4, -0.2) is 256 Å². The van der Waals surface area contributed by atoms with Crippen molar-refractivity contribution in [3.05, 3.63) is 118 Å². The molecule has 0 spiro atoms. The number of carbonyl (C=O) groups excluding carboxylic acids is 6. The van der Waals surface area contributed by atoms with Crippen LogP contribution in [0.1, 0.15) is 178 Å². The molecule has 0 radical (unpaired) electrons. The second-order valence-electron chi connectivity index (χ2n) is 32.5. The van der Waals surface area contributed by atoms with E-state index in [1.807, 2.05) is 62.1 Å². The number of piperidine rings is 1. The van der Waals surface area contributed by atoms with E-state index < -0.39 is 42.0 Å². The number of nitrogens with zero attached hydrogens (tertiary/aromatic N) is 7. The molecule has 1 saturated carbocycles. The van der Waals surface area contributed by atoms with Crippen molar-refractivity contribution in [1.29, 1.82) is 5.41 Å². The third-order valence-electron chi connectivity index (χ3n) is 23.5. The number of carbonyl (C=O) groups is 6. The van der Waals surface area contributed by atoms with Crippen LogP contribution >= 0.6 is 0 Å². The molecule has 1 aliphatic carbocycles. The Morgan fingerprint density at radius 3 is 2.13 bits per heavy atom. The van der Waals surface area contributed by atoms with E-state index in [-0.39, 0.29) is 90.8 Å². The maximum Gasteiger partial charge on any atom is 0.410 e. The van der Waals surface area contributed by atoms with Gasteiger partial charge in [0, 0.05) is 90.3 Å². The summed E-state index contributed by atoms with van der Waals surface area (Å²) in [5.74, 6) is -0.924. The van der Waals surface area contributed by atoms with Gasteiger partial charge in [0.2, 0.25) is 11.7 Å². The van der Waals surface area contributed by atoms with Crippen LogP contribution in [0.15, 0.2) is 94.7 Å². The van der Waals surface area contributed by atoms with Gasteiger partial charge >= 0.3 is 12.1 Å². The van der Waals surface area contributed by atoms with E-state index in [1.165, 1.54) is 16.8 Å². The summed E-state index contributed by atoms with van der Waals surface area (Å²) in [5, 5.41) is 23.6. The number of aliphatic hydroxyl groups excluding tert-OH is 1. The predicted molar refractivity (Wildman–Crippen MR) is 448 cm³/mol. The van der Waals surface area contributed by atoms with E-state index in [0.29, 0.717) is 204 Å². The molecule has 2 aromatic carbocycles. The fourth-order valence-corrected chi connectivity index (χ4v) is 16.4. The molecule has 4 aromatic rings. The molecule has 3 amide bonds. The molecule has 2 aromatic heterocycles. The number of aromatic nitrogens is 3. The Hall–Kier alpha value is -8.36. The molecule has 10 rings (SSSR count). The number of esters is 1. The molecule has 2 unspecified atom stereocenters. The molecule has 29 heteroatoms. The highest BCUT2D eigenvalue weighted by atomic mass is 16.6. The summed E-state index contributed by atoms with van der Waals surface area (Å²) in [7, 11) is 1.66. The first-order chi connectivity index (χ1) is 57.2. The molecule has 3 saturated heterocycles. The van der Waals surface area contributed by atoms with Gasteiger partial charge in [-0.2, -0.15) is 4.98 Å². The minimum absolute atomic E-state index is 0.000834. The zero-order valence-electron chi connectivity index (χ0n) is 70.3. The number of piperazine rings is 1. The van der Waals surface area contributed by atoms with Crippen molar-refractivity contribution < 1.29 is 85.7 Å². The fourth-order valence-electron chi connectivity index (χ4n) is 16.4. The minimum Gasteiger partial charge on any atom is -0.461 e. The van der Waals surface area contributed by atoms with Crippen LogP contribution in [0.25, 0.3) is 11.1 Å². The van der Waals surface area contributed by atoms with E-state index in [2.05, 4.69) is 57.2 Å². The molecule has 29 nitrogen and oxygen atoms in total. The zero-order valence-corrected chi connectivity index (χ0v) is 70.3. The van der Waals surface area contributed by atoms with Gasteiger partial charge < -0.3 is 88.4 Å². The lowest BCUT2D eigenvalue weighted by atomic mass is 9.83. The number of benzene rings is 2. The van der Waals surface area contributed by atoms with E-state index in [9.17, 15) is 33.9 Å². The largest absolute Gasteiger partial charge is 0.461 e. The maximum absolute atomic E-state index is 14.5. The SMILES string of the molecule is CO[C@H]1CC2CCCC(O2)C(=O)C(=O)N2CCCC[C@H]2C(=O)O[C@H](CC[C@H]2CC[C@H](OC(=O)N3CCN(CCOCCOCCOCCOCCOCCOCCC(=O)N4CCc5cc(CNc6ncnc(N)c6C(=N)c6ccc7oc(N)nc7c6)ccc5C4)CC3)CC2)CC[C@H](C)/C=C(\C)[C@@H](O)CC(=O)[C@H](C)C[C@H](C)/C=C/C=C/C=C/1C. The number of cyclic esters (lactones) is 1. The fraction of sp³-hybridized carbons (Fsp3) is 0.640. The van der Waals surface area contributed by atoms with Crippen LogP contribution < -0.4 is 16.8 Å². The number of ketones is 2. The molecule has 2 bridgehead atoms. The summed E-state index contributed by atoms with van der Waals surface area (Å²) < 4.78 is 64.5. The number of hydrogen-bond donors (Lipinski definition) is 5. The van der Waals surface area contributed by atoms with Crippen molar-refractivity contribution in [2.45, 2.75) is 212 Å². The number of nitrogens with two attached hydrogens (primary N) is 2. The summed E-state index contributed by atoms with van der Waals surface area (Å²) in [4.78, 5) is 103. The molecule has 7 heterocycles. The molecule has 5 aliphatic heterocycles. The number of methoxy groups -OCH3 is 1. The van der Waals surface area contributed by atoms with Crippen molar-refractivity contribution in [2.75, 3.05) is 149 Å². The number of hydrogen-bond acceptors (Lipinski definition) is 26. The normalized spacial score (nSPS) is 26.2. The van der Waals surface area contributed by atoms with Crippen LogP contribution in [-0.2, 0) is 90.9 Å². The van der Waals surface area contributed by atoms with Crippen molar-refractivity contribution in [3.8, 4) is 0 Å².